The second kappa shape index (κ2) is 4.88. The zero-order chi connectivity index (χ0) is 14.1. The summed E-state index contributed by atoms with van der Waals surface area (Å²) >= 11 is 0. The Balaban J connectivity index is 1.93. The number of nitrogens with one attached hydrogen (secondary N) is 2. The van der Waals surface area contributed by atoms with E-state index in [-0.39, 0.29) is 12.6 Å². The molecule has 6 nitrogen and oxygen atoms in total. The Morgan fingerprint density at radius 1 is 1.30 bits per heavy atom. The fraction of sp³-hybridized carbons (Fsp3) is 0.286. The van der Waals surface area contributed by atoms with Gasteiger partial charge >= 0.3 is 12.0 Å². The lowest BCUT2D eigenvalue weighted by Gasteiger charge is -2.24. The molecule has 0 spiro atoms. The molecule has 104 valence electrons. The highest BCUT2D eigenvalue weighted by Gasteiger charge is 2.37. The Morgan fingerprint density at radius 3 is 2.75 bits per heavy atom. The van der Waals surface area contributed by atoms with E-state index in [9.17, 15) is 9.59 Å². The number of rotatable bonds is 3. The summed E-state index contributed by atoms with van der Waals surface area (Å²) in [4.78, 5) is 23.4. The van der Waals surface area contributed by atoms with Gasteiger partial charge < -0.3 is 20.1 Å². The standard InChI is InChI=1S/C14H14N2O4/c1-2-19-9-5-3-8(4-6-9)12-11-10(7-20-13(11)17)15-14(18)16-12/h3-6,12H,2,7H2,1H3,(H2,15,16,18)/t12-/m0/s1. The van der Waals surface area contributed by atoms with E-state index in [0.717, 1.165) is 11.3 Å². The second-order valence-corrected chi connectivity index (χ2v) is 4.50. The lowest BCUT2D eigenvalue weighted by molar-refractivity contribution is -0.136. The van der Waals surface area contributed by atoms with Crippen molar-refractivity contribution in [2.45, 2.75) is 13.0 Å². The van der Waals surface area contributed by atoms with Crippen molar-refractivity contribution in [3.63, 3.8) is 0 Å². The Hall–Kier alpha value is -2.50. The molecule has 0 radical (unpaired) electrons. The maximum Gasteiger partial charge on any atom is 0.338 e. The summed E-state index contributed by atoms with van der Waals surface area (Å²) in [5, 5.41) is 5.34. The molecule has 20 heavy (non-hydrogen) atoms. The van der Waals surface area contributed by atoms with Gasteiger partial charge in [-0.15, -0.1) is 0 Å². The van der Waals surface area contributed by atoms with E-state index in [4.69, 9.17) is 9.47 Å². The van der Waals surface area contributed by atoms with Gasteiger partial charge in [-0.2, -0.15) is 0 Å². The largest absolute Gasteiger partial charge is 0.494 e. The molecule has 2 aliphatic rings. The molecule has 0 unspecified atom stereocenters. The van der Waals surface area contributed by atoms with Gasteiger partial charge in [0.05, 0.1) is 23.9 Å². The number of benzene rings is 1. The fourth-order valence-corrected chi connectivity index (χ4v) is 2.36. The molecule has 0 saturated carbocycles. The molecule has 3 rings (SSSR count). The Kier molecular flexibility index (Phi) is 3.06. The van der Waals surface area contributed by atoms with E-state index in [2.05, 4.69) is 10.6 Å². The molecule has 0 fully saturated rings. The summed E-state index contributed by atoms with van der Waals surface area (Å²) in [5.41, 5.74) is 1.82. The first-order chi connectivity index (χ1) is 9.69. The minimum Gasteiger partial charge on any atom is -0.494 e. The predicted octanol–water partition coefficient (Wildman–Crippen LogP) is 1.25. The summed E-state index contributed by atoms with van der Waals surface area (Å²) in [6.45, 7) is 2.62. The smallest absolute Gasteiger partial charge is 0.338 e. The topological polar surface area (TPSA) is 76.7 Å². The number of ether oxygens (including phenoxy) is 2. The van der Waals surface area contributed by atoms with Crippen LogP contribution in [0.5, 0.6) is 5.75 Å². The van der Waals surface area contributed by atoms with Crippen molar-refractivity contribution < 1.29 is 19.1 Å². The van der Waals surface area contributed by atoms with Crippen LogP contribution in [-0.4, -0.2) is 25.2 Å². The van der Waals surface area contributed by atoms with Crippen LogP contribution in [0.25, 0.3) is 0 Å². The van der Waals surface area contributed by atoms with Gasteiger partial charge in [-0.25, -0.2) is 9.59 Å². The van der Waals surface area contributed by atoms with Gasteiger partial charge in [0.1, 0.15) is 12.4 Å². The van der Waals surface area contributed by atoms with Crippen molar-refractivity contribution in [3.8, 4) is 5.75 Å². The van der Waals surface area contributed by atoms with Crippen LogP contribution in [0.3, 0.4) is 0 Å². The van der Waals surface area contributed by atoms with Gasteiger partial charge in [-0.05, 0) is 24.6 Å². The minimum absolute atomic E-state index is 0.120. The van der Waals surface area contributed by atoms with Gasteiger partial charge in [0.25, 0.3) is 0 Å². The monoisotopic (exact) mass is 274 g/mol. The van der Waals surface area contributed by atoms with Gasteiger partial charge in [0.2, 0.25) is 0 Å². The van der Waals surface area contributed by atoms with Crippen LogP contribution in [0, 0.1) is 0 Å². The maximum atomic E-state index is 11.8. The summed E-state index contributed by atoms with van der Waals surface area (Å²) < 4.78 is 10.3. The quantitative estimate of drug-likeness (QED) is 0.813. The van der Waals surface area contributed by atoms with Crippen molar-refractivity contribution >= 4 is 12.0 Å². The summed E-state index contributed by atoms with van der Waals surface area (Å²) in [6, 6.07) is 6.47. The van der Waals surface area contributed by atoms with E-state index in [0.29, 0.717) is 17.9 Å². The molecule has 1 aromatic carbocycles. The van der Waals surface area contributed by atoms with E-state index < -0.39 is 12.0 Å². The Labute approximate surface area is 115 Å². The average Bonchev–Trinajstić information content (AvgIpc) is 2.81. The van der Waals surface area contributed by atoms with Crippen LogP contribution in [0.4, 0.5) is 4.79 Å². The van der Waals surface area contributed by atoms with Crippen LogP contribution >= 0.6 is 0 Å². The molecule has 0 saturated heterocycles. The third kappa shape index (κ3) is 2.09. The van der Waals surface area contributed by atoms with Crippen molar-refractivity contribution in [3.05, 3.63) is 41.1 Å². The van der Waals surface area contributed by atoms with Crippen LogP contribution in [0.2, 0.25) is 0 Å². The van der Waals surface area contributed by atoms with E-state index in [1.807, 2.05) is 31.2 Å². The third-order valence-corrected chi connectivity index (χ3v) is 3.25. The normalized spacial score (nSPS) is 20.9. The lowest BCUT2D eigenvalue weighted by Crippen LogP contribution is -2.44. The Bertz CT molecular complexity index is 592. The number of amides is 2. The molecule has 0 aliphatic carbocycles. The molecule has 2 amide bonds. The van der Waals surface area contributed by atoms with Crippen LogP contribution < -0.4 is 15.4 Å². The van der Waals surface area contributed by atoms with Crippen molar-refractivity contribution in [1.82, 2.24) is 10.6 Å². The van der Waals surface area contributed by atoms with Crippen molar-refractivity contribution in [2.75, 3.05) is 13.2 Å². The molecular formula is C14H14N2O4. The summed E-state index contributed by atoms with van der Waals surface area (Å²) in [5.74, 6) is 0.353. The predicted molar refractivity (Wildman–Crippen MR) is 70.0 cm³/mol. The number of cyclic esters (lactones) is 1. The first kappa shape index (κ1) is 12.5. The summed E-state index contributed by atoms with van der Waals surface area (Å²) in [6.07, 6.45) is 0. The highest BCUT2D eigenvalue weighted by atomic mass is 16.5. The fourth-order valence-electron chi connectivity index (χ4n) is 2.36. The zero-order valence-corrected chi connectivity index (χ0v) is 10.9. The molecule has 2 heterocycles. The minimum atomic E-state index is -0.482. The summed E-state index contributed by atoms with van der Waals surface area (Å²) in [7, 11) is 0. The molecular weight excluding hydrogens is 260 g/mol. The molecule has 0 bridgehead atoms. The van der Waals surface area contributed by atoms with Crippen molar-refractivity contribution in [2.24, 2.45) is 0 Å². The van der Waals surface area contributed by atoms with Crippen molar-refractivity contribution in [1.29, 1.82) is 0 Å². The molecule has 2 aliphatic heterocycles. The number of hydrogen-bond donors (Lipinski definition) is 2. The first-order valence-electron chi connectivity index (χ1n) is 6.39. The number of esters is 1. The molecule has 6 heteroatoms. The molecule has 1 atom stereocenters. The van der Waals surface area contributed by atoms with E-state index >= 15 is 0 Å². The maximum absolute atomic E-state index is 11.8. The lowest BCUT2D eigenvalue weighted by atomic mass is 9.96. The van der Waals surface area contributed by atoms with Gasteiger partial charge in [0, 0.05) is 0 Å². The number of urea groups is 1. The van der Waals surface area contributed by atoms with E-state index in [1.165, 1.54) is 0 Å². The molecule has 0 aromatic heterocycles. The van der Waals surface area contributed by atoms with Crippen LogP contribution in [0.1, 0.15) is 18.5 Å². The Morgan fingerprint density at radius 2 is 2.05 bits per heavy atom. The number of hydrogen-bond acceptors (Lipinski definition) is 4. The van der Waals surface area contributed by atoms with Gasteiger partial charge in [-0.1, -0.05) is 12.1 Å². The average molecular weight is 274 g/mol. The van der Waals surface area contributed by atoms with Crippen LogP contribution in [-0.2, 0) is 9.53 Å². The molecule has 1 aromatic rings. The van der Waals surface area contributed by atoms with Crippen LogP contribution in [0.15, 0.2) is 35.5 Å². The molecule has 2 N–H and O–H groups in total. The second-order valence-electron chi connectivity index (χ2n) is 4.50. The van der Waals surface area contributed by atoms with Gasteiger partial charge in [-0.3, -0.25) is 0 Å². The van der Waals surface area contributed by atoms with E-state index in [1.54, 1.807) is 0 Å². The van der Waals surface area contributed by atoms with Gasteiger partial charge in [0.15, 0.2) is 0 Å². The zero-order valence-electron chi connectivity index (χ0n) is 10.9. The number of carbonyl (C=O) groups is 2. The SMILES string of the molecule is CCOc1ccc([C@@H]2NC(=O)NC3=C2C(=O)OC3)cc1. The first-order valence-corrected chi connectivity index (χ1v) is 6.39. The third-order valence-electron chi connectivity index (χ3n) is 3.25. The highest BCUT2D eigenvalue weighted by Crippen LogP contribution is 2.31. The number of carbonyl (C=O) groups excluding carboxylic acids is 2. The highest BCUT2D eigenvalue weighted by molar-refractivity contribution is 5.97.